The lowest BCUT2D eigenvalue weighted by molar-refractivity contribution is 0.0221. The van der Waals surface area contributed by atoms with Crippen LogP contribution >= 0.6 is 15.9 Å². The number of hydrogen-bond donors (Lipinski definition) is 0. The number of rotatable bonds is 4. The minimum Gasteiger partial charge on any atom is -0.493 e. The van der Waals surface area contributed by atoms with Crippen molar-refractivity contribution in [2.75, 3.05) is 13.2 Å². The summed E-state index contributed by atoms with van der Waals surface area (Å²) in [5.41, 5.74) is 0.808. The molecule has 24 heavy (non-hydrogen) atoms. The van der Waals surface area contributed by atoms with Crippen molar-refractivity contribution in [3.63, 3.8) is 0 Å². The van der Waals surface area contributed by atoms with Crippen molar-refractivity contribution in [3.05, 3.63) is 27.5 Å². The first-order valence-corrected chi connectivity index (χ1v) is 9.12. The van der Waals surface area contributed by atoms with Crippen LogP contribution in [0.4, 0.5) is 9.18 Å². The second kappa shape index (κ2) is 7.72. The van der Waals surface area contributed by atoms with E-state index in [0.29, 0.717) is 41.9 Å². The summed E-state index contributed by atoms with van der Waals surface area (Å²) in [4.78, 5) is 13.9. The Morgan fingerprint density at radius 3 is 2.71 bits per heavy atom. The SMILES string of the molecule is CCCCOc1cc(Br)c(F)c2c1CN(C(=O)OC(C)(C)C)CC2. The standard InChI is InChI=1S/C18H25BrFNO3/c1-5-6-9-23-15-10-14(19)16(20)12-7-8-21(11-13(12)15)17(22)24-18(2,3)4/h10H,5-9,11H2,1-4H3. The maximum Gasteiger partial charge on any atom is 0.410 e. The molecule has 0 saturated heterocycles. The van der Waals surface area contributed by atoms with Gasteiger partial charge in [-0.05, 0) is 61.2 Å². The summed E-state index contributed by atoms with van der Waals surface area (Å²) in [7, 11) is 0. The van der Waals surface area contributed by atoms with Crippen LogP contribution in [-0.2, 0) is 17.7 Å². The predicted molar refractivity (Wildman–Crippen MR) is 94.9 cm³/mol. The minimum absolute atomic E-state index is 0.267. The molecule has 0 spiro atoms. The van der Waals surface area contributed by atoms with Crippen LogP contribution in [0, 0.1) is 5.82 Å². The van der Waals surface area contributed by atoms with E-state index in [-0.39, 0.29) is 11.9 Å². The van der Waals surface area contributed by atoms with Gasteiger partial charge >= 0.3 is 6.09 Å². The summed E-state index contributed by atoms with van der Waals surface area (Å²) in [6, 6.07) is 1.66. The molecule has 0 atom stereocenters. The number of fused-ring (bicyclic) bond motifs is 1. The number of carbonyl (C=O) groups is 1. The number of amides is 1. The topological polar surface area (TPSA) is 38.8 Å². The molecule has 0 aromatic heterocycles. The molecule has 0 fully saturated rings. The van der Waals surface area contributed by atoms with Crippen molar-refractivity contribution in [2.45, 2.75) is 59.1 Å². The van der Waals surface area contributed by atoms with E-state index in [1.165, 1.54) is 0 Å². The largest absolute Gasteiger partial charge is 0.493 e. The first-order valence-electron chi connectivity index (χ1n) is 8.33. The molecule has 0 unspecified atom stereocenters. The van der Waals surface area contributed by atoms with Crippen LogP contribution in [0.1, 0.15) is 51.7 Å². The fraction of sp³-hybridized carbons (Fsp3) is 0.611. The normalized spacial score (nSPS) is 14.3. The van der Waals surface area contributed by atoms with Crippen molar-refractivity contribution in [2.24, 2.45) is 0 Å². The lowest BCUT2D eigenvalue weighted by Gasteiger charge is -2.32. The molecule has 4 nitrogen and oxygen atoms in total. The highest BCUT2D eigenvalue weighted by atomic mass is 79.9. The van der Waals surface area contributed by atoms with E-state index in [2.05, 4.69) is 22.9 Å². The average molecular weight is 402 g/mol. The van der Waals surface area contributed by atoms with Gasteiger partial charge < -0.3 is 14.4 Å². The molecule has 6 heteroatoms. The Bertz CT molecular complexity index is 613. The van der Waals surface area contributed by atoms with Crippen molar-refractivity contribution in [1.29, 1.82) is 0 Å². The lowest BCUT2D eigenvalue weighted by atomic mass is 9.98. The fourth-order valence-corrected chi connectivity index (χ4v) is 3.03. The van der Waals surface area contributed by atoms with E-state index in [1.807, 2.05) is 20.8 Å². The van der Waals surface area contributed by atoms with Crippen molar-refractivity contribution >= 4 is 22.0 Å². The average Bonchev–Trinajstić information content (AvgIpc) is 2.50. The Morgan fingerprint density at radius 2 is 2.08 bits per heavy atom. The van der Waals surface area contributed by atoms with Crippen molar-refractivity contribution < 1.29 is 18.7 Å². The molecular formula is C18H25BrFNO3. The Morgan fingerprint density at radius 1 is 1.38 bits per heavy atom. The maximum absolute atomic E-state index is 14.4. The molecule has 0 N–H and O–H groups in total. The van der Waals surface area contributed by atoms with Gasteiger partial charge in [0, 0.05) is 12.1 Å². The van der Waals surface area contributed by atoms with Gasteiger partial charge in [0.15, 0.2) is 0 Å². The van der Waals surface area contributed by atoms with Gasteiger partial charge in [0.1, 0.15) is 17.2 Å². The lowest BCUT2D eigenvalue weighted by Crippen LogP contribution is -2.40. The summed E-state index contributed by atoms with van der Waals surface area (Å²) < 4.78 is 26.1. The Labute approximate surface area is 151 Å². The zero-order valence-electron chi connectivity index (χ0n) is 14.7. The van der Waals surface area contributed by atoms with Gasteiger partial charge in [0.05, 0.1) is 17.6 Å². The highest BCUT2D eigenvalue weighted by Gasteiger charge is 2.30. The molecule has 1 aromatic carbocycles. The summed E-state index contributed by atoms with van der Waals surface area (Å²) in [5, 5.41) is 0. The van der Waals surface area contributed by atoms with Crippen LogP contribution in [0.3, 0.4) is 0 Å². The zero-order valence-corrected chi connectivity index (χ0v) is 16.3. The summed E-state index contributed by atoms with van der Waals surface area (Å²) >= 11 is 3.26. The molecule has 0 radical (unpaired) electrons. The van der Waals surface area contributed by atoms with Gasteiger partial charge in [0.25, 0.3) is 0 Å². The van der Waals surface area contributed by atoms with Gasteiger partial charge in [-0.2, -0.15) is 0 Å². The second-order valence-electron chi connectivity index (χ2n) is 6.98. The third kappa shape index (κ3) is 4.62. The highest BCUT2D eigenvalue weighted by molar-refractivity contribution is 9.10. The van der Waals surface area contributed by atoms with Crippen LogP contribution in [0.2, 0.25) is 0 Å². The van der Waals surface area contributed by atoms with Crippen LogP contribution in [0.15, 0.2) is 10.5 Å². The van der Waals surface area contributed by atoms with Gasteiger partial charge in [-0.1, -0.05) is 13.3 Å². The number of benzene rings is 1. The summed E-state index contributed by atoms with van der Waals surface area (Å²) in [5.74, 6) is 0.372. The summed E-state index contributed by atoms with van der Waals surface area (Å²) in [6.07, 6.45) is 2.02. The number of unbranched alkanes of at least 4 members (excludes halogenated alkanes) is 1. The Balaban J connectivity index is 2.24. The number of ether oxygens (including phenoxy) is 2. The van der Waals surface area contributed by atoms with E-state index in [0.717, 1.165) is 18.4 Å². The molecular weight excluding hydrogens is 377 g/mol. The van der Waals surface area contributed by atoms with E-state index in [9.17, 15) is 9.18 Å². The van der Waals surface area contributed by atoms with Crippen LogP contribution in [-0.4, -0.2) is 29.7 Å². The Hall–Kier alpha value is -1.30. The molecule has 1 aromatic rings. The number of halogens is 2. The zero-order chi connectivity index (χ0) is 17.9. The molecule has 1 aliphatic rings. The number of carbonyl (C=O) groups excluding carboxylic acids is 1. The molecule has 2 rings (SSSR count). The fourth-order valence-electron chi connectivity index (χ4n) is 2.58. The van der Waals surface area contributed by atoms with Gasteiger partial charge in [-0.15, -0.1) is 0 Å². The van der Waals surface area contributed by atoms with Crippen LogP contribution < -0.4 is 4.74 Å². The monoisotopic (exact) mass is 401 g/mol. The third-order valence-corrected chi connectivity index (χ3v) is 4.36. The number of nitrogens with zero attached hydrogens (tertiary/aromatic N) is 1. The van der Waals surface area contributed by atoms with Gasteiger partial charge in [-0.25, -0.2) is 9.18 Å². The Kier molecular flexibility index (Phi) is 6.12. The van der Waals surface area contributed by atoms with Crippen molar-refractivity contribution in [3.8, 4) is 5.75 Å². The van der Waals surface area contributed by atoms with Gasteiger partial charge in [-0.3, -0.25) is 0 Å². The van der Waals surface area contributed by atoms with Crippen LogP contribution in [0.25, 0.3) is 0 Å². The molecule has 0 bridgehead atoms. The van der Waals surface area contributed by atoms with E-state index in [4.69, 9.17) is 9.47 Å². The molecule has 0 aliphatic carbocycles. The number of hydrogen-bond acceptors (Lipinski definition) is 3. The highest BCUT2D eigenvalue weighted by Crippen LogP contribution is 2.35. The molecule has 1 heterocycles. The first-order chi connectivity index (χ1) is 11.2. The molecule has 1 aliphatic heterocycles. The van der Waals surface area contributed by atoms with E-state index in [1.54, 1.807) is 11.0 Å². The predicted octanol–water partition coefficient (Wildman–Crippen LogP) is 5.06. The van der Waals surface area contributed by atoms with E-state index < -0.39 is 5.60 Å². The van der Waals surface area contributed by atoms with Crippen molar-refractivity contribution in [1.82, 2.24) is 4.90 Å². The summed E-state index contributed by atoms with van der Waals surface area (Å²) in [6.45, 7) is 8.90. The first kappa shape index (κ1) is 19.0. The van der Waals surface area contributed by atoms with Gasteiger partial charge in [0.2, 0.25) is 0 Å². The minimum atomic E-state index is -0.553. The second-order valence-corrected chi connectivity index (χ2v) is 7.84. The molecule has 134 valence electrons. The smallest absolute Gasteiger partial charge is 0.410 e. The maximum atomic E-state index is 14.4. The molecule has 0 saturated carbocycles. The quantitative estimate of drug-likeness (QED) is 0.661. The molecule has 1 amide bonds. The van der Waals surface area contributed by atoms with E-state index >= 15 is 0 Å². The third-order valence-electron chi connectivity index (χ3n) is 3.78. The van der Waals surface area contributed by atoms with Crippen LogP contribution in [0.5, 0.6) is 5.75 Å².